The molecule has 0 saturated carbocycles. The third kappa shape index (κ3) is 2.69. The molecule has 2 aromatic rings. The second-order valence-electron chi connectivity index (χ2n) is 3.66. The molecule has 1 aromatic heterocycles. The number of benzene rings is 1. The van der Waals surface area contributed by atoms with Gasteiger partial charge in [0.15, 0.2) is 12.9 Å². The van der Waals surface area contributed by atoms with Crippen LogP contribution in [0.15, 0.2) is 22.6 Å². The number of ether oxygens (including phenoxy) is 1. The average molecular weight is 232 g/mol. The SMILES string of the molecule is Cc1ccc(OCc2nnc(C)o2)c(C=O)c1. The van der Waals surface area contributed by atoms with Gasteiger partial charge in [-0.25, -0.2) is 0 Å². The molecule has 0 N–H and O–H groups in total. The minimum Gasteiger partial charge on any atom is -0.483 e. The summed E-state index contributed by atoms with van der Waals surface area (Å²) in [6.45, 7) is 3.78. The molecule has 17 heavy (non-hydrogen) atoms. The molecule has 0 bridgehead atoms. The van der Waals surface area contributed by atoms with Crippen LogP contribution in [-0.4, -0.2) is 16.5 Å². The predicted octanol–water partition coefficient (Wildman–Crippen LogP) is 2.08. The number of rotatable bonds is 4. The zero-order valence-corrected chi connectivity index (χ0v) is 9.64. The average Bonchev–Trinajstić information content (AvgIpc) is 2.73. The Morgan fingerprint density at radius 3 is 2.82 bits per heavy atom. The number of nitrogens with zero attached hydrogens (tertiary/aromatic N) is 2. The molecule has 0 aliphatic carbocycles. The Morgan fingerprint density at radius 1 is 1.35 bits per heavy atom. The van der Waals surface area contributed by atoms with Gasteiger partial charge in [0.1, 0.15) is 5.75 Å². The van der Waals surface area contributed by atoms with E-state index in [0.29, 0.717) is 23.1 Å². The lowest BCUT2D eigenvalue weighted by atomic mass is 10.1. The molecule has 1 aromatic carbocycles. The van der Waals surface area contributed by atoms with Gasteiger partial charge in [0.25, 0.3) is 5.89 Å². The van der Waals surface area contributed by atoms with Crippen LogP contribution in [0.1, 0.15) is 27.7 Å². The maximum Gasteiger partial charge on any atom is 0.253 e. The molecule has 0 spiro atoms. The molecule has 0 unspecified atom stereocenters. The molecule has 88 valence electrons. The van der Waals surface area contributed by atoms with E-state index in [0.717, 1.165) is 11.8 Å². The highest BCUT2D eigenvalue weighted by Gasteiger charge is 2.06. The van der Waals surface area contributed by atoms with Crippen molar-refractivity contribution in [2.24, 2.45) is 0 Å². The van der Waals surface area contributed by atoms with E-state index in [1.165, 1.54) is 0 Å². The normalized spacial score (nSPS) is 10.2. The summed E-state index contributed by atoms with van der Waals surface area (Å²) in [4.78, 5) is 10.9. The van der Waals surface area contributed by atoms with Crippen molar-refractivity contribution >= 4 is 6.29 Å². The van der Waals surface area contributed by atoms with Crippen molar-refractivity contribution in [3.05, 3.63) is 41.1 Å². The van der Waals surface area contributed by atoms with Gasteiger partial charge >= 0.3 is 0 Å². The number of hydrogen-bond acceptors (Lipinski definition) is 5. The molecule has 0 aliphatic heterocycles. The van der Waals surface area contributed by atoms with Crippen LogP contribution in [0.5, 0.6) is 5.75 Å². The molecule has 5 nitrogen and oxygen atoms in total. The minimum absolute atomic E-state index is 0.157. The lowest BCUT2D eigenvalue weighted by molar-refractivity contribution is 0.111. The van der Waals surface area contributed by atoms with E-state index in [2.05, 4.69) is 10.2 Å². The van der Waals surface area contributed by atoms with Gasteiger partial charge in [-0.1, -0.05) is 11.6 Å². The first-order valence-electron chi connectivity index (χ1n) is 5.16. The quantitative estimate of drug-likeness (QED) is 0.755. The maximum atomic E-state index is 10.9. The van der Waals surface area contributed by atoms with Crippen molar-refractivity contribution in [2.75, 3.05) is 0 Å². The van der Waals surface area contributed by atoms with Crippen LogP contribution in [0.3, 0.4) is 0 Å². The highest BCUT2D eigenvalue weighted by molar-refractivity contribution is 5.79. The molecule has 0 amide bonds. The van der Waals surface area contributed by atoms with E-state index in [1.54, 1.807) is 19.1 Å². The third-order valence-corrected chi connectivity index (χ3v) is 2.21. The maximum absolute atomic E-state index is 10.9. The lowest BCUT2D eigenvalue weighted by Gasteiger charge is -2.06. The van der Waals surface area contributed by atoms with E-state index in [9.17, 15) is 4.79 Å². The first kappa shape index (κ1) is 11.3. The van der Waals surface area contributed by atoms with E-state index in [4.69, 9.17) is 9.15 Å². The molecule has 0 fully saturated rings. The number of aldehydes is 1. The van der Waals surface area contributed by atoms with Crippen molar-refractivity contribution in [2.45, 2.75) is 20.5 Å². The fourth-order valence-corrected chi connectivity index (χ4v) is 1.43. The standard InChI is InChI=1S/C12H12N2O3/c1-8-3-4-11(10(5-8)6-15)16-7-12-14-13-9(2)17-12/h3-6H,7H2,1-2H3. The molecular formula is C12H12N2O3. The van der Waals surface area contributed by atoms with Crippen LogP contribution < -0.4 is 4.74 Å². The Balaban J connectivity index is 2.11. The highest BCUT2D eigenvalue weighted by Crippen LogP contribution is 2.19. The largest absolute Gasteiger partial charge is 0.483 e. The molecule has 2 rings (SSSR count). The minimum atomic E-state index is 0.157. The van der Waals surface area contributed by atoms with Gasteiger partial charge in [0.05, 0.1) is 5.56 Å². The fraction of sp³-hybridized carbons (Fsp3) is 0.250. The van der Waals surface area contributed by atoms with E-state index in [-0.39, 0.29) is 6.61 Å². The molecule has 0 atom stereocenters. The monoisotopic (exact) mass is 232 g/mol. The van der Waals surface area contributed by atoms with E-state index >= 15 is 0 Å². The van der Waals surface area contributed by atoms with Crippen molar-refractivity contribution in [3.63, 3.8) is 0 Å². The van der Waals surface area contributed by atoms with Gasteiger partial charge in [-0.15, -0.1) is 10.2 Å². The first-order chi connectivity index (χ1) is 8.19. The lowest BCUT2D eigenvalue weighted by Crippen LogP contribution is -1.99. The van der Waals surface area contributed by atoms with Crippen LogP contribution in [0, 0.1) is 13.8 Å². The van der Waals surface area contributed by atoms with Gasteiger partial charge in [-0.3, -0.25) is 4.79 Å². The fourth-order valence-electron chi connectivity index (χ4n) is 1.43. The summed E-state index contributed by atoms with van der Waals surface area (Å²) < 4.78 is 10.6. The topological polar surface area (TPSA) is 65.2 Å². The van der Waals surface area contributed by atoms with Crippen molar-refractivity contribution in [3.8, 4) is 5.75 Å². The second-order valence-corrected chi connectivity index (χ2v) is 3.66. The molecular weight excluding hydrogens is 220 g/mol. The Kier molecular flexibility index (Phi) is 3.18. The number of carbonyl (C=O) groups is 1. The van der Waals surface area contributed by atoms with Crippen molar-refractivity contribution < 1.29 is 13.9 Å². The Bertz CT molecular complexity index is 534. The van der Waals surface area contributed by atoms with Gasteiger partial charge in [0.2, 0.25) is 5.89 Å². The molecule has 0 radical (unpaired) electrons. The zero-order valence-electron chi connectivity index (χ0n) is 9.64. The van der Waals surface area contributed by atoms with Gasteiger partial charge < -0.3 is 9.15 Å². The summed E-state index contributed by atoms with van der Waals surface area (Å²) in [5, 5.41) is 7.49. The van der Waals surface area contributed by atoms with E-state index < -0.39 is 0 Å². The Morgan fingerprint density at radius 2 is 2.18 bits per heavy atom. The third-order valence-electron chi connectivity index (χ3n) is 2.21. The number of hydrogen-bond donors (Lipinski definition) is 0. The summed E-state index contributed by atoms with van der Waals surface area (Å²) in [6, 6.07) is 5.39. The van der Waals surface area contributed by atoms with Crippen LogP contribution in [0.4, 0.5) is 0 Å². The molecule has 1 heterocycles. The summed E-state index contributed by atoms with van der Waals surface area (Å²) in [5.41, 5.74) is 1.52. The number of aryl methyl sites for hydroxylation is 2. The van der Waals surface area contributed by atoms with Crippen LogP contribution >= 0.6 is 0 Å². The Labute approximate surface area is 98.4 Å². The van der Waals surface area contributed by atoms with Gasteiger partial charge in [-0.05, 0) is 19.1 Å². The Hall–Kier alpha value is -2.17. The molecule has 0 aliphatic rings. The summed E-state index contributed by atoms with van der Waals surface area (Å²) in [6.07, 6.45) is 0.765. The molecule has 0 saturated heterocycles. The van der Waals surface area contributed by atoms with Crippen molar-refractivity contribution in [1.82, 2.24) is 10.2 Å². The highest BCUT2D eigenvalue weighted by atomic mass is 16.5. The number of aromatic nitrogens is 2. The smallest absolute Gasteiger partial charge is 0.253 e. The van der Waals surface area contributed by atoms with Crippen molar-refractivity contribution in [1.29, 1.82) is 0 Å². The van der Waals surface area contributed by atoms with Gasteiger partial charge in [0, 0.05) is 6.92 Å². The molecule has 5 heteroatoms. The zero-order chi connectivity index (χ0) is 12.3. The summed E-state index contributed by atoms with van der Waals surface area (Å²) in [5.74, 6) is 1.39. The second kappa shape index (κ2) is 4.78. The van der Waals surface area contributed by atoms with Gasteiger partial charge in [-0.2, -0.15) is 0 Å². The summed E-state index contributed by atoms with van der Waals surface area (Å²) >= 11 is 0. The first-order valence-corrected chi connectivity index (χ1v) is 5.16. The van der Waals surface area contributed by atoms with Crippen LogP contribution in [-0.2, 0) is 6.61 Å². The van der Waals surface area contributed by atoms with E-state index in [1.807, 2.05) is 13.0 Å². The number of carbonyl (C=O) groups excluding carboxylic acids is 1. The van der Waals surface area contributed by atoms with Crippen LogP contribution in [0.25, 0.3) is 0 Å². The predicted molar refractivity (Wildman–Crippen MR) is 59.9 cm³/mol. The summed E-state index contributed by atoms with van der Waals surface area (Å²) in [7, 11) is 0. The van der Waals surface area contributed by atoms with Crippen LogP contribution in [0.2, 0.25) is 0 Å².